The lowest BCUT2D eigenvalue weighted by atomic mass is 10.1. The first-order valence-electron chi connectivity index (χ1n) is 10.9. The van der Waals surface area contributed by atoms with E-state index in [9.17, 15) is 4.79 Å². The second-order valence-corrected chi connectivity index (χ2v) is 7.56. The molecule has 2 aromatic carbocycles. The lowest BCUT2D eigenvalue weighted by Gasteiger charge is -2.27. The van der Waals surface area contributed by atoms with Crippen LogP contribution >= 0.6 is 0 Å². The summed E-state index contributed by atoms with van der Waals surface area (Å²) in [7, 11) is 3.33. The minimum atomic E-state index is -0.100. The molecule has 2 aromatic rings. The number of carbonyl (C=O) groups is 1. The molecule has 0 unspecified atom stereocenters. The van der Waals surface area contributed by atoms with Gasteiger partial charge in [0.2, 0.25) is 5.91 Å². The molecule has 3 N–H and O–H groups in total. The molecule has 8 heteroatoms. The SMILES string of the molecule is CN=C(NCC(=O)NCc1ccc(OC)cc1)NCc1ccccc1CN1CCOCC1. The van der Waals surface area contributed by atoms with Crippen molar-refractivity contribution in [3.05, 3.63) is 65.2 Å². The highest BCUT2D eigenvalue weighted by Crippen LogP contribution is 2.13. The highest BCUT2D eigenvalue weighted by molar-refractivity contribution is 5.86. The third-order valence-electron chi connectivity index (χ3n) is 5.35. The number of nitrogens with one attached hydrogen (secondary N) is 3. The second-order valence-electron chi connectivity index (χ2n) is 7.56. The zero-order chi connectivity index (χ0) is 22.6. The van der Waals surface area contributed by atoms with Crippen molar-refractivity contribution in [3.63, 3.8) is 0 Å². The topological polar surface area (TPSA) is 87.2 Å². The van der Waals surface area contributed by atoms with E-state index in [0.29, 0.717) is 19.0 Å². The van der Waals surface area contributed by atoms with Gasteiger partial charge in [-0.15, -0.1) is 0 Å². The van der Waals surface area contributed by atoms with Gasteiger partial charge in [-0.1, -0.05) is 36.4 Å². The molecular formula is C24H33N5O3. The molecule has 0 spiro atoms. The zero-order valence-electron chi connectivity index (χ0n) is 18.9. The van der Waals surface area contributed by atoms with Gasteiger partial charge in [-0.3, -0.25) is 14.7 Å². The van der Waals surface area contributed by atoms with Crippen LogP contribution in [0, 0.1) is 0 Å². The van der Waals surface area contributed by atoms with Gasteiger partial charge in [0.1, 0.15) is 5.75 Å². The van der Waals surface area contributed by atoms with Crippen molar-refractivity contribution >= 4 is 11.9 Å². The lowest BCUT2D eigenvalue weighted by molar-refractivity contribution is -0.120. The number of ether oxygens (including phenoxy) is 2. The number of aliphatic imine (C=N–C) groups is 1. The predicted molar refractivity (Wildman–Crippen MR) is 126 cm³/mol. The number of methoxy groups -OCH3 is 1. The van der Waals surface area contributed by atoms with Crippen molar-refractivity contribution in [3.8, 4) is 5.75 Å². The first-order chi connectivity index (χ1) is 15.7. The maximum absolute atomic E-state index is 12.2. The molecule has 0 saturated carbocycles. The van der Waals surface area contributed by atoms with E-state index in [2.05, 4.69) is 44.0 Å². The van der Waals surface area contributed by atoms with E-state index in [1.807, 2.05) is 30.3 Å². The summed E-state index contributed by atoms with van der Waals surface area (Å²) < 4.78 is 10.6. The summed E-state index contributed by atoms with van der Waals surface area (Å²) in [4.78, 5) is 18.8. The Kier molecular flexibility index (Phi) is 9.34. The molecule has 1 aliphatic heterocycles. The summed E-state index contributed by atoms with van der Waals surface area (Å²) in [5.74, 6) is 1.28. The van der Waals surface area contributed by atoms with Gasteiger partial charge >= 0.3 is 0 Å². The second kappa shape index (κ2) is 12.7. The molecule has 1 aliphatic rings. The van der Waals surface area contributed by atoms with Gasteiger partial charge in [-0.25, -0.2) is 0 Å². The summed E-state index contributed by atoms with van der Waals surface area (Å²) in [6, 6.07) is 16.0. The van der Waals surface area contributed by atoms with E-state index in [4.69, 9.17) is 9.47 Å². The van der Waals surface area contributed by atoms with E-state index >= 15 is 0 Å². The minimum Gasteiger partial charge on any atom is -0.497 e. The normalized spacial score (nSPS) is 14.6. The maximum atomic E-state index is 12.2. The van der Waals surface area contributed by atoms with Gasteiger partial charge in [0.25, 0.3) is 0 Å². The van der Waals surface area contributed by atoms with Crippen LogP contribution in [0.5, 0.6) is 5.75 Å². The molecule has 1 saturated heterocycles. The summed E-state index contributed by atoms with van der Waals surface area (Å²) in [6.07, 6.45) is 0. The van der Waals surface area contributed by atoms with Crippen molar-refractivity contribution in [2.45, 2.75) is 19.6 Å². The Bertz CT molecular complexity index is 879. The van der Waals surface area contributed by atoms with Gasteiger partial charge < -0.3 is 25.4 Å². The molecular weight excluding hydrogens is 406 g/mol. The van der Waals surface area contributed by atoms with Crippen LogP contribution in [0.1, 0.15) is 16.7 Å². The third-order valence-corrected chi connectivity index (χ3v) is 5.35. The van der Waals surface area contributed by atoms with Crippen LogP contribution in [0.25, 0.3) is 0 Å². The molecule has 32 heavy (non-hydrogen) atoms. The van der Waals surface area contributed by atoms with Crippen LogP contribution in [-0.2, 0) is 29.2 Å². The number of hydrogen-bond donors (Lipinski definition) is 3. The fourth-order valence-electron chi connectivity index (χ4n) is 3.45. The molecule has 172 valence electrons. The Hall–Kier alpha value is -3.10. The molecule has 0 aliphatic carbocycles. The highest BCUT2D eigenvalue weighted by atomic mass is 16.5. The Morgan fingerprint density at radius 3 is 2.41 bits per heavy atom. The van der Waals surface area contributed by atoms with Gasteiger partial charge in [-0.2, -0.15) is 0 Å². The first kappa shape index (κ1) is 23.6. The van der Waals surface area contributed by atoms with E-state index in [-0.39, 0.29) is 12.5 Å². The van der Waals surface area contributed by atoms with Crippen molar-refractivity contribution in [2.75, 3.05) is 47.0 Å². The van der Waals surface area contributed by atoms with E-state index < -0.39 is 0 Å². The number of nitrogens with zero attached hydrogens (tertiary/aromatic N) is 2. The molecule has 0 radical (unpaired) electrons. The number of benzene rings is 2. The fourth-order valence-corrected chi connectivity index (χ4v) is 3.45. The Morgan fingerprint density at radius 2 is 1.72 bits per heavy atom. The summed E-state index contributed by atoms with van der Waals surface area (Å²) in [6.45, 7) is 5.63. The molecule has 8 nitrogen and oxygen atoms in total. The van der Waals surface area contributed by atoms with Crippen molar-refractivity contribution in [1.82, 2.24) is 20.9 Å². The maximum Gasteiger partial charge on any atom is 0.239 e. The molecule has 1 amide bonds. The average Bonchev–Trinajstić information content (AvgIpc) is 2.84. The standard InChI is InChI=1S/C24H33N5O3/c1-25-24(28-17-23(30)26-15-19-7-9-22(31-2)10-8-19)27-16-20-5-3-4-6-21(20)18-29-11-13-32-14-12-29/h3-10H,11-18H2,1-2H3,(H,26,30)(H2,25,27,28). The van der Waals surface area contributed by atoms with Gasteiger partial charge in [0.05, 0.1) is 26.9 Å². The zero-order valence-corrected chi connectivity index (χ0v) is 18.9. The minimum absolute atomic E-state index is 0.100. The molecule has 0 bridgehead atoms. The predicted octanol–water partition coefficient (Wildman–Crippen LogP) is 1.51. The summed E-state index contributed by atoms with van der Waals surface area (Å²) >= 11 is 0. The quantitative estimate of drug-likeness (QED) is 0.406. The lowest BCUT2D eigenvalue weighted by Crippen LogP contribution is -2.43. The number of carbonyl (C=O) groups excluding carboxylic acids is 1. The third kappa shape index (κ3) is 7.55. The molecule has 0 aromatic heterocycles. The van der Waals surface area contributed by atoms with E-state index in [0.717, 1.165) is 44.2 Å². The Balaban J connectivity index is 1.43. The van der Waals surface area contributed by atoms with Crippen molar-refractivity contribution in [2.24, 2.45) is 4.99 Å². The molecule has 3 rings (SSSR count). The number of guanidine groups is 1. The number of rotatable bonds is 9. The number of hydrogen-bond acceptors (Lipinski definition) is 5. The Morgan fingerprint density at radius 1 is 1.00 bits per heavy atom. The first-order valence-corrected chi connectivity index (χ1v) is 10.9. The largest absolute Gasteiger partial charge is 0.497 e. The average molecular weight is 440 g/mol. The highest BCUT2D eigenvalue weighted by Gasteiger charge is 2.13. The van der Waals surface area contributed by atoms with E-state index in [1.54, 1.807) is 14.2 Å². The summed E-state index contributed by atoms with van der Waals surface area (Å²) in [5.41, 5.74) is 3.51. The van der Waals surface area contributed by atoms with Gasteiger partial charge in [0.15, 0.2) is 5.96 Å². The van der Waals surface area contributed by atoms with Crippen molar-refractivity contribution in [1.29, 1.82) is 0 Å². The number of morpholine rings is 1. The molecule has 1 heterocycles. The van der Waals surface area contributed by atoms with Crippen LogP contribution in [0.2, 0.25) is 0 Å². The summed E-state index contributed by atoms with van der Waals surface area (Å²) in [5, 5.41) is 9.29. The van der Waals surface area contributed by atoms with Gasteiger partial charge in [0, 0.05) is 39.8 Å². The van der Waals surface area contributed by atoms with Crippen LogP contribution in [-0.4, -0.2) is 63.8 Å². The Labute approximate surface area is 190 Å². The van der Waals surface area contributed by atoms with Crippen LogP contribution < -0.4 is 20.7 Å². The van der Waals surface area contributed by atoms with Crippen molar-refractivity contribution < 1.29 is 14.3 Å². The van der Waals surface area contributed by atoms with Crippen LogP contribution in [0.4, 0.5) is 0 Å². The van der Waals surface area contributed by atoms with Gasteiger partial charge in [-0.05, 0) is 28.8 Å². The smallest absolute Gasteiger partial charge is 0.239 e. The van der Waals surface area contributed by atoms with Crippen LogP contribution in [0.15, 0.2) is 53.5 Å². The monoisotopic (exact) mass is 439 g/mol. The van der Waals surface area contributed by atoms with E-state index in [1.165, 1.54) is 11.1 Å². The molecule has 0 atom stereocenters. The molecule has 1 fully saturated rings. The van der Waals surface area contributed by atoms with Crippen LogP contribution in [0.3, 0.4) is 0 Å². The number of amides is 1. The fraction of sp³-hybridized carbons (Fsp3) is 0.417.